The number of ether oxygens (including phenoxy) is 1. The van der Waals surface area contributed by atoms with Crippen molar-refractivity contribution in [3.05, 3.63) is 11.6 Å². The minimum Gasteiger partial charge on any atom is -0.385 e. The summed E-state index contributed by atoms with van der Waals surface area (Å²) in [7, 11) is -2.35. The average Bonchev–Trinajstić information content (AvgIpc) is 2.79. The van der Waals surface area contributed by atoms with E-state index in [1.54, 1.807) is 0 Å². The van der Waals surface area contributed by atoms with E-state index >= 15 is 0 Å². The van der Waals surface area contributed by atoms with Gasteiger partial charge < -0.3 is 4.74 Å². The number of nitrogens with one attached hydrogen (secondary N) is 2. The number of rotatable bonds is 9. The number of Topliss-reactive ketones (excluding diaryl/α,β-unsaturated/α-hetero) is 1. The van der Waals surface area contributed by atoms with Gasteiger partial charge in [0.05, 0.1) is 5.56 Å². The Morgan fingerprint density at radius 1 is 1.52 bits per heavy atom. The number of anilines is 1. The van der Waals surface area contributed by atoms with Crippen molar-refractivity contribution in [2.75, 3.05) is 25.0 Å². The molecule has 1 aromatic heterocycles. The molecule has 0 bridgehead atoms. The molecule has 0 saturated carbocycles. The molecule has 0 fully saturated rings. The van der Waals surface area contributed by atoms with Gasteiger partial charge in [0.2, 0.25) is 0 Å². The molecule has 0 spiro atoms. The fourth-order valence-electron chi connectivity index (χ4n) is 1.44. The standard InChI is InChI=1S/C10H16N2O6S3/c1-7(13)8-6-9(12-20(14)15)19-10(8)21(16,17)11-4-3-5-18-2/h6,11-12H,3-5H2,1-2H3,(H,14,15). The van der Waals surface area contributed by atoms with Crippen LogP contribution in [0.4, 0.5) is 5.00 Å². The molecule has 1 aromatic rings. The number of ketones is 1. The summed E-state index contributed by atoms with van der Waals surface area (Å²) in [5.41, 5.74) is -0.0211. The van der Waals surface area contributed by atoms with Crippen molar-refractivity contribution in [2.45, 2.75) is 17.6 Å². The van der Waals surface area contributed by atoms with Gasteiger partial charge in [-0.1, -0.05) is 0 Å². The van der Waals surface area contributed by atoms with E-state index in [0.717, 1.165) is 11.3 Å². The van der Waals surface area contributed by atoms with Crippen LogP contribution >= 0.6 is 11.3 Å². The van der Waals surface area contributed by atoms with Gasteiger partial charge in [0.25, 0.3) is 21.3 Å². The van der Waals surface area contributed by atoms with Crippen molar-refractivity contribution >= 4 is 43.4 Å². The van der Waals surface area contributed by atoms with Crippen molar-refractivity contribution in [3.63, 3.8) is 0 Å². The summed E-state index contributed by atoms with van der Waals surface area (Å²) in [4.78, 5) is 11.5. The second kappa shape index (κ2) is 7.96. The van der Waals surface area contributed by atoms with Gasteiger partial charge in [-0.05, 0) is 19.4 Å². The summed E-state index contributed by atoms with van der Waals surface area (Å²) in [6.07, 6.45) is 0.488. The Morgan fingerprint density at radius 3 is 2.71 bits per heavy atom. The van der Waals surface area contributed by atoms with Crippen LogP contribution in [0, 0.1) is 0 Å². The molecule has 0 aliphatic rings. The smallest absolute Gasteiger partial charge is 0.259 e. The monoisotopic (exact) mass is 356 g/mol. The summed E-state index contributed by atoms with van der Waals surface area (Å²) in [6.45, 7) is 1.80. The maximum Gasteiger partial charge on any atom is 0.259 e. The van der Waals surface area contributed by atoms with Crippen LogP contribution in [0.5, 0.6) is 0 Å². The molecule has 0 radical (unpaired) electrons. The Labute approximate surface area is 129 Å². The lowest BCUT2D eigenvalue weighted by molar-refractivity contribution is 0.101. The Hall–Kier alpha value is -0.850. The highest BCUT2D eigenvalue weighted by Gasteiger charge is 2.24. The zero-order chi connectivity index (χ0) is 16.0. The second-order valence-corrected chi connectivity index (χ2v) is 7.68. The van der Waals surface area contributed by atoms with Crippen LogP contribution in [-0.4, -0.2) is 43.2 Å². The number of hydrogen-bond donors (Lipinski definition) is 3. The van der Waals surface area contributed by atoms with Gasteiger partial charge in [0.1, 0.15) is 9.21 Å². The van der Waals surface area contributed by atoms with E-state index in [1.807, 2.05) is 0 Å². The molecule has 1 heterocycles. The fraction of sp³-hybridized carbons (Fsp3) is 0.500. The molecule has 21 heavy (non-hydrogen) atoms. The quantitative estimate of drug-likeness (QED) is 0.342. The zero-order valence-electron chi connectivity index (χ0n) is 11.4. The van der Waals surface area contributed by atoms with Crippen molar-refractivity contribution < 1.29 is 26.7 Å². The summed E-state index contributed by atoms with van der Waals surface area (Å²) in [6, 6.07) is 1.24. The van der Waals surface area contributed by atoms with Gasteiger partial charge in [-0.2, -0.15) is 0 Å². The predicted molar refractivity (Wildman–Crippen MR) is 80.4 cm³/mol. The molecule has 0 aliphatic carbocycles. The molecule has 0 aromatic carbocycles. The molecule has 1 unspecified atom stereocenters. The largest absolute Gasteiger partial charge is 0.385 e. The predicted octanol–water partition coefficient (Wildman–Crippen LogP) is 0.814. The van der Waals surface area contributed by atoms with Crippen LogP contribution in [-0.2, 0) is 26.0 Å². The second-order valence-electron chi connectivity index (χ2n) is 3.96. The lowest BCUT2D eigenvalue weighted by Crippen LogP contribution is -2.25. The van der Waals surface area contributed by atoms with E-state index in [-0.39, 0.29) is 21.3 Å². The number of methoxy groups -OCH3 is 1. The van der Waals surface area contributed by atoms with Crippen molar-refractivity contribution in [2.24, 2.45) is 0 Å². The van der Waals surface area contributed by atoms with E-state index in [9.17, 15) is 17.4 Å². The average molecular weight is 356 g/mol. The van der Waals surface area contributed by atoms with E-state index in [0.29, 0.717) is 13.0 Å². The van der Waals surface area contributed by atoms with E-state index in [4.69, 9.17) is 9.29 Å². The summed E-state index contributed by atoms with van der Waals surface area (Å²) in [5, 5.41) is 0.123. The third kappa shape index (κ3) is 5.45. The highest BCUT2D eigenvalue weighted by molar-refractivity contribution is 7.91. The number of sulfonamides is 1. The van der Waals surface area contributed by atoms with Gasteiger partial charge in [-0.25, -0.2) is 17.3 Å². The molecule has 1 atom stereocenters. The first-order valence-electron chi connectivity index (χ1n) is 5.79. The van der Waals surface area contributed by atoms with Gasteiger partial charge in [0.15, 0.2) is 5.78 Å². The Kier molecular flexibility index (Phi) is 6.90. The Balaban J connectivity index is 3.00. The molecule has 3 N–H and O–H groups in total. The SMILES string of the molecule is COCCCNS(=O)(=O)c1sc(NS(=O)O)cc1C(C)=O. The first-order valence-corrected chi connectivity index (χ1v) is 9.19. The number of hydrogen-bond acceptors (Lipinski definition) is 6. The topological polar surface area (TPSA) is 122 Å². The summed E-state index contributed by atoms with van der Waals surface area (Å²) >= 11 is -1.62. The molecule has 1 rings (SSSR count). The Bertz CT molecular complexity index is 625. The van der Waals surface area contributed by atoms with E-state index in [2.05, 4.69) is 9.44 Å². The lowest BCUT2D eigenvalue weighted by Gasteiger charge is -2.05. The molecular weight excluding hydrogens is 340 g/mol. The highest BCUT2D eigenvalue weighted by atomic mass is 32.2. The summed E-state index contributed by atoms with van der Waals surface area (Å²) < 4.78 is 52.9. The third-order valence-electron chi connectivity index (χ3n) is 2.33. The number of carbonyl (C=O) groups excluding carboxylic acids is 1. The van der Waals surface area contributed by atoms with Crippen molar-refractivity contribution in [1.82, 2.24) is 4.72 Å². The van der Waals surface area contributed by atoms with Crippen LogP contribution in [0.15, 0.2) is 10.3 Å². The molecule has 120 valence electrons. The molecule has 8 nitrogen and oxygen atoms in total. The molecular formula is C10H16N2O6S3. The van der Waals surface area contributed by atoms with E-state index < -0.39 is 27.1 Å². The van der Waals surface area contributed by atoms with Crippen molar-refractivity contribution in [3.8, 4) is 0 Å². The number of thiophene rings is 1. The normalized spacial score (nSPS) is 13.1. The maximum absolute atomic E-state index is 12.2. The van der Waals surface area contributed by atoms with E-state index in [1.165, 1.54) is 20.1 Å². The minimum absolute atomic E-state index is 0.0211. The van der Waals surface area contributed by atoms with Crippen molar-refractivity contribution in [1.29, 1.82) is 0 Å². The van der Waals surface area contributed by atoms with Crippen LogP contribution in [0.1, 0.15) is 23.7 Å². The highest BCUT2D eigenvalue weighted by Crippen LogP contribution is 2.31. The molecule has 0 aliphatic heterocycles. The third-order valence-corrected chi connectivity index (χ3v) is 5.90. The number of carbonyl (C=O) groups is 1. The lowest BCUT2D eigenvalue weighted by atomic mass is 10.2. The molecule has 0 amide bonds. The fourth-order valence-corrected chi connectivity index (χ4v) is 4.67. The first-order chi connectivity index (χ1) is 9.77. The van der Waals surface area contributed by atoms with Gasteiger partial charge >= 0.3 is 0 Å². The van der Waals surface area contributed by atoms with Crippen LogP contribution in [0.3, 0.4) is 0 Å². The minimum atomic E-state index is -3.86. The van der Waals surface area contributed by atoms with Crippen LogP contribution < -0.4 is 9.44 Å². The van der Waals surface area contributed by atoms with Gasteiger partial charge in [0, 0.05) is 20.3 Å². The summed E-state index contributed by atoms with van der Waals surface area (Å²) in [5.74, 6) is -0.444. The van der Waals surface area contributed by atoms with Crippen LogP contribution in [0.2, 0.25) is 0 Å². The van der Waals surface area contributed by atoms with Gasteiger partial charge in [-0.3, -0.25) is 14.1 Å². The first kappa shape index (κ1) is 18.2. The molecule has 0 saturated heterocycles. The van der Waals surface area contributed by atoms with Gasteiger partial charge in [-0.15, -0.1) is 11.3 Å². The maximum atomic E-state index is 12.2. The molecule has 11 heteroatoms. The Morgan fingerprint density at radius 2 is 2.19 bits per heavy atom. The van der Waals surface area contributed by atoms with Crippen LogP contribution in [0.25, 0.3) is 0 Å². The zero-order valence-corrected chi connectivity index (χ0v) is 13.9.